The molecule has 0 aliphatic heterocycles. The second-order valence-electron chi connectivity index (χ2n) is 10.8. The molecule has 19 nitrogen and oxygen atoms in total. The molecule has 0 aliphatic carbocycles. The molecule has 0 unspecified atom stereocenters. The molecule has 0 amide bonds. The number of hydrogen-bond donors (Lipinski definition) is 2. The van der Waals surface area contributed by atoms with Crippen LogP contribution in [0.1, 0.15) is 11.1 Å². The molecular formula is C32H26N7Na3O12S3. The van der Waals surface area contributed by atoms with Crippen LogP contribution in [0.25, 0.3) is 10.8 Å². The maximum Gasteiger partial charge on any atom is 1.00 e. The normalized spacial score (nSPS) is 11.5. The second kappa shape index (κ2) is 23.5. The number of rotatable bonds is 15. The zero-order valence-electron chi connectivity index (χ0n) is 31.3. The van der Waals surface area contributed by atoms with Crippen LogP contribution in [0.5, 0.6) is 17.2 Å². The van der Waals surface area contributed by atoms with E-state index in [1.807, 2.05) is 6.92 Å². The molecule has 3 N–H and O–H groups in total. The monoisotopic (exact) mass is 865 g/mol. The molecule has 0 spiro atoms. The molecule has 5 rings (SSSR count). The van der Waals surface area contributed by atoms with Crippen LogP contribution >= 0.6 is 24.1 Å². The molecule has 0 atom stereocenters. The van der Waals surface area contributed by atoms with Crippen molar-refractivity contribution in [2.24, 2.45) is 30.7 Å². The van der Waals surface area contributed by atoms with Gasteiger partial charge in [0, 0.05) is 28.1 Å². The largest absolute Gasteiger partial charge is 1.00 e. The van der Waals surface area contributed by atoms with Crippen LogP contribution in [0.3, 0.4) is 0 Å². The van der Waals surface area contributed by atoms with Crippen molar-refractivity contribution in [3.05, 3.63) is 77.9 Å². The van der Waals surface area contributed by atoms with Crippen LogP contribution in [0.15, 0.2) is 112 Å². The van der Waals surface area contributed by atoms with E-state index in [1.165, 1.54) is 20.3 Å². The van der Waals surface area contributed by atoms with E-state index in [4.69, 9.17) is 15.2 Å². The summed E-state index contributed by atoms with van der Waals surface area (Å²) in [7, 11) is -2.07. The summed E-state index contributed by atoms with van der Waals surface area (Å²) in [5, 5.41) is 64.3. The fourth-order valence-corrected chi connectivity index (χ4v) is 6.25. The number of phenolic OH excluding ortho intramolecular Hbond substituents is 1. The first-order valence-corrected chi connectivity index (χ1v) is 17.8. The fraction of sp³-hybridized carbons (Fsp3) is 0.125. The van der Waals surface area contributed by atoms with Crippen LogP contribution in [0, 0.1) is 13.8 Å². The minimum Gasteiger partial charge on any atom is -0.744 e. The van der Waals surface area contributed by atoms with Crippen LogP contribution in [0.2, 0.25) is 0 Å². The molecule has 0 radical (unpaired) electrons. The Kier molecular flexibility index (Phi) is 21.0. The molecule has 282 valence electrons. The number of ether oxygens (including phenoxy) is 2. The number of methoxy groups -OCH3 is 2. The molecule has 5 aromatic rings. The summed E-state index contributed by atoms with van der Waals surface area (Å²) in [4.78, 5) is -0.0959. The van der Waals surface area contributed by atoms with Gasteiger partial charge in [-0.1, -0.05) is 0 Å². The SMILES string of the molecule is COc1cc(N=Nc2ccc(SOO[O-])cc2)c(C)cc1N=Nc1cc(OC)c(N=Nc2c(SOO[O-])cc3cc(S(=O)(=O)[O-])c(N)cc3c2O)cc1C.[Na+].[Na+].[Na+]. The number of nitrogen functional groups attached to an aromatic ring is 1. The molecule has 0 saturated carbocycles. The van der Waals surface area contributed by atoms with Gasteiger partial charge < -0.3 is 35.4 Å². The number of fused-ring (bicyclic) bond motifs is 1. The van der Waals surface area contributed by atoms with Gasteiger partial charge in [-0.25, -0.2) is 8.42 Å². The molecule has 25 heteroatoms. The van der Waals surface area contributed by atoms with Crippen molar-refractivity contribution in [3.63, 3.8) is 0 Å². The smallest absolute Gasteiger partial charge is 0.744 e. The van der Waals surface area contributed by atoms with Crippen molar-refractivity contribution >= 4 is 84.8 Å². The van der Waals surface area contributed by atoms with Gasteiger partial charge >= 0.3 is 88.7 Å². The Morgan fingerprint density at radius 3 is 1.72 bits per heavy atom. The Labute approximate surface area is 400 Å². The first-order valence-electron chi connectivity index (χ1n) is 14.9. The first-order chi connectivity index (χ1) is 25.9. The quantitative estimate of drug-likeness (QED) is 0.0228. The van der Waals surface area contributed by atoms with Crippen molar-refractivity contribution in [1.29, 1.82) is 0 Å². The van der Waals surface area contributed by atoms with Gasteiger partial charge in [0.1, 0.15) is 38.7 Å². The summed E-state index contributed by atoms with van der Waals surface area (Å²) >= 11 is 1.11. The summed E-state index contributed by atoms with van der Waals surface area (Å²) in [6.07, 6.45) is 0. The van der Waals surface area contributed by atoms with Gasteiger partial charge in [0.25, 0.3) is 0 Å². The minimum atomic E-state index is -4.95. The number of aromatic hydroxyl groups is 1. The van der Waals surface area contributed by atoms with Crippen LogP contribution < -0.4 is 114 Å². The number of azo groups is 3. The van der Waals surface area contributed by atoms with E-state index >= 15 is 0 Å². The molecule has 57 heavy (non-hydrogen) atoms. The van der Waals surface area contributed by atoms with Crippen molar-refractivity contribution < 1.29 is 145 Å². The van der Waals surface area contributed by atoms with E-state index in [9.17, 15) is 28.6 Å². The van der Waals surface area contributed by atoms with Crippen LogP contribution in [-0.2, 0) is 28.9 Å². The molecule has 5 aromatic carbocycles. The molecule has 0 fully saturated rings. The number of benzene rings is 5. The standard InChI is InChI=1S/C32H29N7O12S3.3Na/c1-16-9-25(27(46-3)14-23(16)35-34-19-5-7-20(8-6-19)52-50-48-41)37-36-24-15-28(47-4)26(10-17(24)2)38-39-31-29(53-51-49-42)11-18-12-30(54(43,44)45)22(33)13-21(18)32(31)40;;;/h5-15,40-42H,33H2,1-4H3,(H,43,44,45);;;/q;3*+1/p-3. The maximum absolute atomic E-state index is 11.7. The fourth-order valence-electron chi connectivity index (χ4n) is 4.79. The summed E-state index contributed by atoms with van der Waals surface area (Å²) in [5.74, 6) is 0.0799. The maximum atomic E-state index is 11.7. The predicted molar refractivity (Wildman–Crippen MR) is 188 cm³/mol. The third-order valence-corrected chi connectivity index (χ3v) is 9.48. The first kappa shape index (κ1) is 50.9. The molecule has 0 saturated heterocycles. The Balaban J connectivity index is 0.00000374. The molecule has 0 aliphatic rings. The van der Waals surface area contributed by atoms with Gasteiger partial charge in [0.05, 0.1) is 65.2 Å². The van der Waals surface area contributed by atoms with Gasteiger partial charge in [0.15, 0.2) is 5.75 Å². The molecule has 0 aromatic heterocycles. The van der Waals surface area contributed by atoms with Crippen molar-refractivity contribution in [2.75, 3.05) is 20.0 Å². The average molecular weight is 866 g/mol. The number of anilines is 1. The average Bonchev–Trinajstić information content (AvgIpc) is 3.15. The Hall–Kier alpha value is -2.27. The summed E-state index contributed by atoms with van der Waals surface area (Å²) in [6, 6.07) is 16.7. The predicted octanol–water partition coefficient (Wildman–Crippen LogP) is -1.61. The third-order valence-electron chi connectivity index (χ3n) is 7.39. The van der Waals surface area contributed by atoms with Gasteiger partial charge in [-0.15, -0.1) is 15.3 Å². The molecule has 0 heterocycles. The van der Waals surface area contributed by atoms with E-state index in [2.05, 4.69) is 49.4 Å². The number of nitrogens with zero attached hydrogens (tertiary/aromatic N) is 6. The number of aryl methyl sites for hydroxylation is 2. The van der Waals surface area contributed by atoms with Crippen LogP contribution in [-0.4, -0.2) is 32.3 Å². The van der Waals surface area contributed by atoms with E-state index in [0.717, 1.165) is 29.7 Å². The Bertz CT molecular complexity index is 2400. The Morgan fingerprint density at radius 1 is 0.684 bits per heavy atom. The van der Waals surface area contributed by atoms with Gasteiger partial charge in [-0.05, 0) is 85.0 Å². The number of hydrogen-bond acceptors (Lipinski definition) is 21. The zero-order valence-corrected chi connectivity index (χ0v) is 39.7. The zero-order chi connectivity index (χ0) is 39.0. The summed E-state index contributed by atoms with van der Waals surface area (Å²) in [5.41, 5.74) is 8.61. The molecular weight excluding hydrogens is 840 g/mol. The summed E-state index contributed by atoms with van der Waals surface area (Å²) in [6.45, 7) is 3.56. The van der Waals surface area contributed by atoms with Crippen molar-refractivity contribution in [3.8, 4) is 17.2 Å². The molecule has 0 bridgehead atoms. The van der Waals surface area contributed by atoms with E-state index in [0.29, 0.717) is 51.0 Å². The number of phenols is 1. The Morgan fingerprint density at radius 2 is 1.19 bits per heavy atom. The van der Waals surface area contributed by atoms with Gasteiger partial charge in [0.2, 0.25) is 0 Å². The van der Waals surface area contributed by atoms with E-state index in [1.54, 1.807) is 55.5 Å². The van der Waals surface area contributed by atoms with E-state index < -0.39 is 26.5 Å². The summed E-state index contributed by atoms with van der Waals surface area (Å²) < 4.78 is 54.8. The van der Waals surface area contributed by atoms with Gasteiger partial charge in [-0.2, -0.15) is 24.0 Å². The number of nitrogens with two attached hydrogens (primary N) is 1. The van der Waals surface area contributed by atoms with Crippen molar-refractivity contribution in [2.45, 2.75) is 28.5 Å². The second-order valence-corrected chi connectivity index (χ2v) is 13.7. The van der Waals surface area contributed by atoms with Crippen LogP contribution in [0.4, 0.5) is 39.8 Å². The van der Waals surface area contributed by atoms with Crippen molar-refractivity contribution in [1.82, 2.24) is 0 Å². The van der Waals surface area contributed by atoms with E-state index in [-0.39, 0.29) is 121 Å². The van der Waals surface area contributed by atoms with Gasteiger partial charge in [-0.3, -0.25) is 10.1 Å². The third kappa shape index (κ3) is 13.1. The topological polar surface area (TPSA) is 279 Å². The minimum absolute atomic E-state index is 0.